The summed E-state index contributed by atoms with van der Waals surface area (Å²) < 4.78 is 5.40. The molecule has 2 aliphatic heterocycles. The average molecular weight is 240 g/mol. The first kappa shape index (κ1) is 12.8. The van der Waals surface area contributed by atoms with E-state index in [2.05, 4.69) is 4.90 Å². The number of amides is 1. The minimum Gasteiger partial charge on any atom is -0.369 e. The van der Waals surface area contributed by atoms with Gasteiger partial charge in [0.05, 0.1) is 6.10 Å². The maximum Gasteiger partial charge on any atom is 0.248 e. The summed E-state index contributed by atoms with van der Waals surface area (Å²) in [5, 5.41) is 0. The molecule has 0 aliphatic carbocycles. The summed E-state index contributed by atoms with van der Waals surface area (Å²) in [6.45, 7) is 8.34. The fourth-order valence-electron chi connectivity index (χ4n) is 2.76. The standard InChI is InChI=1S/C13H24N2O2/c1-11(2)17-10-13(16)15-8-4-7-14-6-3-5-12(14)9-15/h11-12H,3-10H2,1-2H3. The van der Waals surface area contributed by atoms with Crippen LogP contribution in [-0.4, -0.2) is 60.6 Å². The van der Waals surface area contributed by atoms with E-state index < -0.39 is 0 Å². The number of hydrogen-bond acceptors (Lipinski definition) is 3. The van der Waals surface area contributed by atoms with Crippen LogP contribution in [0.15, 0.2) is 0 Å². The van der Waals surface area contributed by atoms with Crippen molar-refractivity contribution in [2.75, 3.05) is 32.8 Å². The quantitative estimate of drug-likeness (QED) is 0.741. The Morgan fingerprint density at radius 1 is 1.29 bits per heavy atom. The Morgan fingerprint density at radius 3 is 2.82 bits per heavy atom. The Labute approximate surface area is 104 Å². The summed E-state index contributed by atoms with van der Waals surface area (Å²) in [6, 6.07) is 0.598. The predicted molar refractivity (Wildman–Crippen MR) is 66.9 cm³/mol. The molecule has 1 amide bonds. The van der Waals surface area contributed by atoms with E-state index in [0.29, 0.717) is 6.04 Å². The van der Waals surface area contributed by atoms with Crippen molar-refractivity contribution in [1.82, 2.24) is 9.80 Å². The second-order valence-electron chi connectivity index (χ2n) is 5.39. The lowest BCUT2D eigenvalue weighted by Gasteiger charge is -2.25. The van der Waals surface area contributed by atoms with Gasteiger partial charge in [0, 0.05) is 25.7 Å². The van der Waals surface area contributed by atoms with Crippen LogP contribution in [0, 0.1) is 0 Å². The number of rotatable bonds is 3. The van der Waals surface area contributed by atoms with E-state index in [-0.39, 0.29) is 18.6 Å². The zero-order valence-corrected chi connectivity index (χ0v) is 11.0. The van der Waals surface area contributed by atoms with Crippen molar-refractivity contribution < 1.29 is 9.53 Å². The molecule has 0 aromatic rings. The Hall–Kier alpha value is -0.610. The molecule has 2 fully saturated rings. The van der Waals surface area contributed by atoms with Crippen LogP contribution in [0.4, 0.5) is 0 Å². The minimum atomic E-state index is 0.133. The number of carbonyl (C=O) groups excluding carboxylic acids is 1. The van der Waals surface area contributed by atoms with Crippen LogP contribution in [0.2, 0.25) is 0 Å². The molecular formula is C13H24N2O2. The molecule has 2 heterocycles. The van der Waals surface area contributed by atoms with Gasteiger partial charge < -0.3 is 9.64 Å². The van der Waals surface area contributed by atoms with Gasteiger partial charge in [0.25, 0.3) is 0 Å². The average Bonchev–Trinajstić information content (AvgIpc) is 2.63. The highest BCUT2D eigenvalue weighted by Gasteiger charge is 2.30. The van der Waals surface area contributed by atoms with Crippen molar-refractivity contribution in [3.8, 4) is 0 Å². The van der Waals surface area contributed by atoms with E-state index in [9.17, 15) is 4.79 Å². The van der Waals surface area contributed by atoms with Crippen molar-refractivity contribution >= 4 is 5.91 Å². The van der Waals surface area contributed by atoms with Gasteiger partial charge in [0.15, 0.2) is 0 Å². The lowest BCUT2D eigenvalue weighted by molar-refractivity contribution is -0.137. The third kappa shape index (κ3) is 3.42. The van der Waals surface area contributed by atoms with Crippen LogP contribution in [0.3, 0.4) is 0 Å². The minimum absolute atomic E-state index is 0.133. The molecule has 0 aromatic carbocycles. The highest BCUT2D eigenvalue weighted by Crippen LogP contribution is 2.21. The number of hydrogen-bond donors (Lipinski definition) is 0. The summed E-state index contributed by atoms with van der Waals surface area (Å²) in [5.41, 5.74) is 0. The third-order valence-corrected chi connectivity index (χ3v) is 3.70. The third-order valence-electron chi connectivity index (χ3n) is 3.70. The lowest BCUT2D eigenvalue weighted by atomic mass is 10.2. The smallest absolute Gasteiger partial charge is 0.248 e. The topological polar surface area (TPSA) is 32.8 Å². The molecule has 2 saturated heterocycles. The van der Waals surface area contributed by atoms with E-state index >= 15 is 0 Å². The van der Waals surface area contributed by atoms with Gasteiger partial charge in [-0.3, -0.25) is 9.69 Å². The molecule has 0 radical (unpaired) electrons. The van der Waals surface area contributed by atoms with E-state index in [1.165, 1.54) is 19.4 Å². The van der Waals surface area contributed by atoms with Crippen LogP contribution < -0.4 is 0 Å². The lowest BCUT2D eigenvalue weighted by Crippen LogP contribution is -2.41. The fraction of sp³-hybridized carbons (Fsp3) is 0.923. The zero-order valence-electron chi connectivity index (χ0n) is 11.0. The predicted octanol–water partition coefficient (Wildman–Crippen LogP) is 1.11. The summed E-state index contributed by atoms with van der Waals surface area (Å²) in [6.07, 6.45) is 3.77. The Morgan fingerprint density at radius 2 is 2.06 bits per heavy atom. The van der Waals surface area contributed by atoms with Crippen molar-refractivity contribution in [2.45, 2.75) is 45.3 Å². The Kier molecular flexibility index (Phi) is 4.40. The molecule has 4 heteroatoms. The molecule has 1 atom stereocenters. The zero-order chi connectivity index (χ0) is 12.3. The first-order valence-corrected chi connectivity index (χ1v) is 6.80. The molecule has 17 heavy (non-hydrogen) atoms. The first-order valence-electron chi connectivity index (χ1n) is 6.80. The van der Waals surface area contributed by atoms with Gasteiger partial charge in [-0.2, -0.15) is 0 Å². The van der Waals surface area contributed by atoms with E-state index in [1.807, 2.05) is 18.7 Å². The van der Waals surface area contributed by atoms with E-state index in [4.69, 9.17) is 4.74 Å². The Bertz CT molecular complexity index is 268. The summed E-state index contributed by atoms with van der Waals surface area (Å²) in [4.78, 5) is 16.6. The second kappa shape index (κ2) is 5.83. The normalized spacial score (nSPS) is 26.1. The van der Waals surface area contributed by atoms with Gasteiger partial charge in [-0.15, -0.1) is 0 Å². The number of carbonyl (C=O) groups is 1. The first-order chi connectivity index (χ1) is 8.16. The van der Waals surface area contributed by atoms with Crippen LogP contribution in [0.25, 0.3) is 0 Å². The molecule has 0 aromatic heterocycles. The van der Waals surface area contributed by atoms with Crippen LogP contribution >= 0.6 is 0 Å². The molecule has 4 nitrogen and oxygen atoms in total. The van der Waals surface area contributed by atoms with Crippen molar-refractivity contribution in [3.63, 3.8) is 0 Å². The molecule has 0 N–H and O–H groups in total. The molecule has 0 spiro atoms. The van der Waals surface area contributed by atoms with Crippen molar-refractivity contribution in [1.29, 1.82) is 0 Å². The molecule has 98 valence electrons. The molecule has 2 aliphatic rings. The van der Waals surface area contributed by atoms with Crippen LogP contribution in [0.5, 0.6) is 0 Å². The molecule has 0 saturated carbocycles. The van der Waals surface area contributed by atoms with Gasteiger partial charge in [-0.05, 0) is 39.7 Å². The monoisotopic (exact) mass is 240 g/mol. The van der Waals surface area contributed by atoms with Crippen molar-refractivity contribution in [3.05, 3.63) is 0 Å². The van der Waals surface area contributed by atoms with Gasteiger partial charge in [-0.25, -0.2) is 0 Å². The summed E-state index contributed by atoms with van der Waals surface area (Å²) in [7, 11) is 0. The van der Waals surface area contributed by atoms with Crippen LogP contribution in [-0.2, 0) is 9.53 Å². The highest BCUT2D eigenvalue weighted by molar-refractivity contribution is 5.77. The summed E-state index contributed by atoms with van der Waals surface area (Å²) >= 11 is 0. The van der Waals surface area contributed by atoms with Crippen LogP contribution in [0.1, 0.15) is 33.1 Å². The van der Waals surface area contributed by atoms with E-state index in [1.54, 1.807) is 0 Å². The van der Waals surface area contributed by atoms with Gasteiger partial charge in [0.1, 0.15) is 6.61 Å². The van der Waals surface area contributed by atoms with Gasteiger partial charge >= 0.3 is 0 Å². The number of nitrogens with zero attached hydrogens (tertiary/aromatic N) is 2. The number of ether oxygens (including phenoxy) is 1. The molecule has 2 rings (SSSR count). The number of fused-ring (bicyclic) bond motifs is 1. The maximum absolute atomic E-state index is 12.0. The maximum atomic E-state index is 12.0. The Balaban J connectivity index is 1.85. The fourth-order valence-corrected chi connectivity index (χ4v) is 2.76. The molecule has 1 unspecified atom stereocenters. The largest absolute Gasteiger partial charge is 0.369 e. The molecular weight excluding hydrogens is 216 g/mol. The van der Waals surface area contributed by atoms with Gasteiger partial charge in [-0.1, -0.05) is 0 Å². The second-order valence-corrected chi connectivity index (χ2v) is 5.39. The van der Waals surface area contributed by atoms with Gasteiger partial charge in [0.2, 0.25) is 5.91 Å². The molecule has 0 bridgehead atoms. The SMILES string of the molecule is CC(C)OCC(=O)N1CCCN2CCCC2C1. The highest BCUT2D eigenvalue weighted by atomic mass is 16.5. The van der Waals surface area contributed by atoms with Crippen molar-refractivity contribution in [2.24, 2.45) is 0 Å². The summed E-state index contributed by atoms with van der Waals surface area (Å²) in [5.74, 6) is 0.160. The van der Waals surface area contributed by atoms with E-state index in [0.717, 1.165) is 26.1 Å².